The van der Waals surface area contributed by atoms with Gasteiger partial charge in [0, 0.05) is 29.7 Å². The summed E-state index contributed by atoms with van der Waals surface area (Å²) in [6, 6.07) is 17.9. The molecule has 0 saturated carbocycles. The molecule has 0 aliphatic heterocycles. The molecule has 7 heteroatoms. The molecule has 0 atom stereocenters. The maximum Gasteiger partial charge on any atom is 0.258 e. The number of hydrogen-bond donors (Lipinski definition) is 4. The van der Waals surface area contributed by atoms with E-state index in [1.807, 2.05) is 55.5 Å². The quantitative estimate of drug-likeness (QED) is 0.313. The maximum atomic E-state index is 13.4. The molecular weight excluding hydrogens is 420 g/mol. The molecule has 0 spiro atoms. The van der Waals surface area contributed by atoms with Gasteiger partial charge in [-0.05, 0) is 54.8 Å². The molecule has 1 aromatic heterocycles. The van der Waals surface area contributed by atoms with Crippen molar-refractivity contribution in [3.8, 4) is 23.0 Å². The first-order valence-corrected chi connectivity index (χ1v) is 10.6. The van der Waals surface area contributed by atoms with Crippen LogP contribution in [0.4, 0.5) is 0 Å². The molecule has 0 unspecified atom stereocenters. The number of nitrogens with zero attached hydrogens (tertiary/aromatic N) is 1. The Morgan fingerprint density at radius 3 is 2.48 bits per heavy atom. The molecule has 4 N–H and O–H groups in total. The minimum Gasteiger partial charge on any atom is -0.504 e. The number of H-pyrrole nitrogens is 1. The van der Waals surface area contributed by atoms with Crippen LogP contribution in [0.15, 0.2) is 60.7 Å². The summed E-state index contributed by atoms with van der Waals surface area (Å²) in [6.07, 6.45) is 0.572. The smallest absolute Gasteiger partial charge is 0.258 e. The van der Waals surface area contributed by atoms with E-state index in [9.17, 15) is 20.1 Å². The van der Waals surface area contributed by atoms with E-state index in [-0.39, 0.29) is 5.56 Å². The Morgan fingerprint density at radius 2 is 1.76 bits per heavy atom. The van der Waals surface area contributed by atoms with Gasteiger partial charge in [0.15, 0.2) is 11.5 Å². The molecule has 4 rings (SSSR count). The van der Waals surface area contributed by atoms with E-state index < -0.39 is 23.2 Å². The number of aryl methyl sites for hydroxylation is 1. The van der Waals surface area contributed by atoms with E-state index in [0.29, 0.717) is 19.5 Å². The highest BCUT2D eigenvalue weighted by molar-refractivity contribution is 5.98. The summed E-state index contributed by atoms with van der Waals surface area (Å²) < 4.78 is 5.37. The molecule has 4 aromatic rings. The molecule has 0 saturated heterocycles. The summed E-state index contributed by atoms with van der Waals surface area (Å²) in [5, 5.41) is 30.9. The minimum absolute atomic E-state index is 0.0708. The predicted octanol–water partition coefficient (Wildman–Crippen LogP) is 4.49. The van der Waals surface area contributed by atoms with Crippen LogP contribution in [0.5, 0.6) is 23.0 Å². The molecule has 0 aliphatic rings. The van der Waals surface area contributed by atoms with Crippen molar-refractivity contribution in [1.29, 1.82) is 0 Å². The van der Waals surface area contributed by atoms with Crippen molar-refractivity contribution in [1.82, 2.24) is 9.88 Å². The number of phenols is 3. The highest BCUT2D eigenvalue weighted by Gasteiger charge is 2.23. The van der Waals surface area contributed by atoms with Crippen LogP contribution >= 0.6 is 0 Å². The number of aromatic nitrogens is 1. The van der Waals surface area contributed by atoms with Gasteiger partial charge in [-0.25, -0.2) is 0 Å². The van der Waals surface area contributed by atoms with Gasteiger partial charge < -0.3 is 29.9 Å². The number of carbonyl (C=O) groups is 1. The van der Waals surface area contributed by atoms with Crippen LogP contribution in [0.25, 0.3) is 10.9 Å². The molecule has 7 nitrogen and oxygen atoms in total. The van der Waals surface area contributed by atoms with Gasteiger partial charge in [-0.3, -0.25) is 4.79 Å². The number of hydrogen-bond acceptors (Lipinski definition) is 5. The van der Waals surface area contributed by atoms with Crippen LogP contribution in [0, 0.1) is 6.92 Å². The molecule has 0 aliphatic carbocycles. The van der Waals surface area contributed by atoms with Gasteiger partial charge in [0.05, 0.1) is 12.7 Å². The third-order valence-corrected chi connectivity index (χ3v) is 5.82. The second-order valence-corrected chi connectivity index (χ2v) is 7.93. The summed E-state index contributed by atoms with van der Waals surface area (Å²) in [5.41, 5.74) is 3.94. The van der Waals surface area contributed by atoms with E-state index in [0.717, 1.165) is 33.5 Å². The van der Waals surface area contributed by atoms with Crippen molar-refractivity contribution < 1.29 is 24.9 Å². The number of amides is 1. The van der Waals surface area contributed by atoms with Crippen LogP contribution in [-0.4, -0.2) is 44.8 Å². The lowest BCUT2D eigenvalue weighted by atomic mass is 10.1. The van der Waals surface area contributed by atoms with Gasteiger partial charge in [0.2, 0.25) is 5.75 Å². The molecule has 1 amide bonds. The number of rotatable bonds is 7. The maximum absolute atomic E-state index is 13.4. The average Bonchev–Trinajstić information content (AvgIpc) is 3.14. The highest BCUT2D eigenvalue weighted by atomic mass is 16.5. The molecule has 33 heavy (non-hydrogen) atoms. The lowest BCUT2D eigenvalue weighted by Crippen LogP contribution is -2.32. The van der Waals surface area contributed by atoms with E-state index in [4.69, 9.17) is 4.74 Å². The number of phenolic OH excluding ortho intramolecular Hbond substituents is 3. The van der Waals surface area contributed by atoms with Crippen molar-refractivity contribution in [2.75, 3.05) is 13.7 Å². The van der Waals surface area contributed by atoms with Gasteiger partial charge in [0.1, 0.15) is 5.75 Å². The molecule has 0 bridgehead atoms. The number of nitrogens with one attached hydrogen (secondary N) is 1. The lowest BCUT2D eigenvalue weighted by molar-refractivity contribution is 0.0741. The molecular formula is C26H26N2O5. The summed E-state index contributed by atoms with van der Waals surface area (Å²) in [7, 11) is 1.63. The SMILES string of the molecule is COc1ccc2[nH]c(C)c(CCN(Cc3ccccc3)C(=O)c3ccc(O)c(O)c3O)c2c1. The van der Waals surface area contributed by atoms with Gasteiger partial charge in [-0.15, -0.1) is 0 Å². The zero-order valence-electron chi connectivity index (χ0n) is 18.5. The van der Waals surface area contributed by atoms with Crippen molar-refractivity contribution in [3.05, 3.63) is 83.0 Å². The fraction of sp³-hybridized carbons (Fsp3) is 0.192. The van der Waals surface area contributed by atoms with Gasteiger partial charge in [-0.1, -0.05) is 30.3 Å². The number of ether oxygens (including phenoxy) is 1. The summed E-state index contributed by atoms with van der Waals surface area (Å²) >= 11 is 0. The van der Waals surface area contributed by atoms with E-state index in [1.54, 1.807) is 12.0 Å². The topological polar surface area (TPSA) is 106 Å². The van der Waals surface area contributed by atoms with Crippen LogP contribution in [0.2, 0.25) is 0 Å². The van der Waals surface area contributed by atoms with E-state index in [2.05, 4.69) is 4.98 Å². The number of benzene rings is 3. The third kappa shape index (κ3) is 4.43. The number of aromatic hydroxyl groups is 3. The largest absolute Gasteiger partial charge is 0.504 e. The molecule has 3 aromatic carbocycles. The minimum atomic E-state index is -0.708. The van der Waals surface area contributed by atoms with Crippen LogP contribution in [-0.2, 0) is 13.0 Å². The summed E-state index contributed by atoms with van der Waals surface area (Å²) in [4.78, 5) is 18.4. The first-order chi connectivity index (χ1) is 15.9. The fourth-order valence-corrected chi connectivity index (χ4v) is 4.03. The van der Waals surface area contributed by atoms with Crippen LogP contribution < -0.4 is 4.74 Å². The third-order valence-electron chi connectivity index (χ3n) is 5.82. The Labute approximate surface area is 191 Å². The Bertz CT molecular complexity index is 1300. The molecule has 0 radical (unpaired) electrons. The van der Waals surface area contributed by atoms with Crippen molar-refractivity contribution >= 4 is 16.8 Å². The van der Waals surface area contributed by atoms with Crippen LogP contribution in [0.3, 0.4) is 0 Å². The summed E-state index contributed by atoms with van der Waals surface area (Å²) in [6.45, 7) is 2.69. The van der Waals surface area contributed by atoms with Crippen molar-refractivity contribution in [2.45, 2.75) is 19.9 Å². The van der Waals surface area contributed by atoms with Crippen LogP contribution in [0.1, 0.15) is 27.2 Å². The normalized spacial score (nSPS) is 11.0. The Balaban J connectivity index is 1.66. The molecule has 170 valence electrons. The average molecular weight is 447 g/mol. The van der Waals surface area contributed by atoms with Gasteiger partial charge >= 0.3 is 0 Å². The Hall–Kier alpha value is -4.13. The zero-order valence-corrected chi connectivity index (χ0v) is 18.5. The van der Waals surface area contributed by atoms with Crippen molar-refractivity contribution in [3.63, 3.8) is 0 Å². The summed E-state index contributed by atoms with van der Waals surface area (Å²) in [5.74, 6) is -1.51. The number of carbonyl (C=O) groups excluding carboxylic acids is 1. The Kier molecular flexibility index (Phi) is 6.13. The number of methoxy groups -OCH3 is 1. The number of fused-ring (bicyclic) bond motifs is 1. The Morgan fingerprint density at radius 1 is 1.00 bits per heavy atom. The predicted molar refractivity (Wildman–Crippen MR) is 126 cm³/mol. The molecule has 0 fully saturated rings. The first kappa shape index (κ1) is 22.1. The monoisotopic (exact) mass is 446 g/mol. The fourth-order valence-electron chi connectivity index (χ4n) is 4.03. The second kappa shape index (κ2) is 9.16. The van der Waals surface area contributed by atoms with Gasteiger partial charge in [-0.2, -0.15) is 0 Å². The second-order valence-electron chi connectivity index (χ2n) is 7.93. The standard InChI is InChI=1S/C26H26N2O5/c1-16-19(21-14-18(33-2)8-10-22(21)27-16)12-13-28(15-17-6-4-3-5-7-17)26(32)20-9-11-23(29)25(31)24(20)30/h3-11,14,27,29-31H,12-13,15H2,1-2H3. The molecule has 1 heterocycles. The highest BCUT2D eigenvalue weighted by Crippen LogP contribution is 2.37. The van der Waals surface area contributed by atoms with E-state index in [1.165, 1.54) is 12.1 Å². The van der Waals surface area contributed by atoms with Crippen molar-refractivity contribution in [2.24, 2.45) is 0 Å². The van der Waals surface area contributed by atoms with E-state index >= 15 is 0 Å². The van der Waals surface area contributed by atoms with Gasteiger partial charge in [0.25, 0.3) is 5.91 Å². The number of aromatic amines is 1. The first-order valence-electron chi connectivity index (χ1n) is 10.6. The zero-order chi connectivity index (χ0) is 23.5. The lowest BCUT2D eigenvalue weighted by Gasteiger charge is -2.24.